The van der Waals surface area contributed by atoms with Crippen molar-refractivity contribution in [3.05, 3.63) is 59.2 Å². The first-order chi connectivity index (χ1) is 14.5. The second-order valence-corrected chi connectivity index (χ2v) is 8.32. The monoisotopic (exact) mass is 403 g/mol. The van der Waals surface area contributed by atoms with Gasteiger partial charge >= 0.3 is 0 Å². The van der Waals surface area contributed by atoms with Crippen LogP contribution in [0.2, 0.25) is 0 Å². The van der Waals surface area contributed by atoms with E-state index >= 15 is 0 Å². The van der Waals surface area contributed by atoms with Gasteiger partial charge in [0.05, 0.1) is 24.1 Å². The SMILES string of the molecule is Cc1cc(C)nc(N2CC3CNC(C(=O)c4c(C)cccc4-n4nccn4)C3C2)n1. The molecule has 3 atom stereocenters. The Labute approximate surface area is 175 Å². The fourth-order valence-electron chi connectivity index (χ4n) is 4.85. The van der Waals surface area contributed by atoms with E-state index in [2.05, 4.69) is 30.4 Å². The Balaban J connectivity index is 1.44. The lowest BCUT2D eigenvalue weighted by atomic mass is 9.87. The van der Waals surface area contributed by atoms with Gasteiger partial charge in [0, 0.05) is 42.5 Å². The minimum atomic E-state index is -0.235. The van der Waals surface area contributed by atoms with Gasteiger partial charge in [-0.15, -0.1) is 0 Å². The van der Waals surface area contributed by atoms with E-state index < -0.39 is 0 Å². The van der Waals surface area contributed by atoms with Crippen molar-refractivity contribution < 1.29 is 4.79 Å². The number of aryl methyl sites for hydroxylation is 3. The lowest BCUT2D eigenvalue weighted by Gasteiger charge is -2.22. The third-order valence-corrected chi connectivity index (χ3v) is 6.19. The highest BCUT2D eigenvalue weighted by Crippen LogP contribution is 2.35. The van der Waals surface area contributed by atoms with Gasteiger partial charge in [0.2, 0.25) is 5.95 Å². The highest BCUT2D eigenvalue weighted by atomic mass is 16.1. The summed E-state index contributed by atoms with van der Waals surface area (Å²) in [5, 5.41) is 12.0. The fraction of sp³-hybridized carbons (Fsp3) is 0.409. The summed E-state index contributed by atoms with van der Waals surface area (Å²) < 4.78 is 0. The second-order valence-electron chi connectivity index (χ2n) is 8.32. The van der Waals surface area contributed by atoms with E-state index in [1.165, 1.54) is 4.80 Å². The van der Waals surface area contributed by atoms with Crippen LogP contribution < -0.4 is 10.2 Å². The quantitative estimate of drug-likeness (QED) is 0.666. The van der Waals surface area contributed by atoms with Crippen LogP contribution in [0.4, 0.5) is 5.95 Å². The Hall–Kier alpha value is -3.13. The average molecular weight is 403 g/mol. The number of aromatic nitrogens is 5. The summed E-state index contributed by atoms with van der Waals surface area (Å²) in [5.41, 5.74) is 4.29. The lowest BCUT2D eigenvalue weighted by molar-refractivity contribution is 0.0930. The van der Waals surface area contributed by atoms with E-state index in [-0.39, 0.29) is 17.7 Å². The van der Waals surface area contributed by atoms with Crippen LogP contribution >= 0.6 is 0 Å². The summed E-state index contributed by atoms with van der Waals surface area (Å²) in [7, 11) is 0. The van der Waals surface area contributed by atoms with Crippen molar-refractivity contribution >= 4 is 11.7 Å². The summed E-state index contributed by atoms with van der Waals surface area (Å²) in [4.78, 5) is 26.7. The van der Waals surface area contributed by atoms with Crippen molar-refractivity contribution in [3.63, 3.8) is 0 Å². The number of Topliss-reactive ketones (excluding diaryl/α,β-unsaturated/α-hetero) is 1. The summed E-state index contributed by atoms with van der Waals surface area (Å²) >= 11 is 0. The number of nitrogens with one attached hydrogen (secondary N) is 1. The molecule has 0 aliphatic carbocycles. The number of fused-ring (bicyclic) bond motifs is 1. The first kappa shape index (κ1) is 18.9. The minimum absolute atomic E-state index is 0.107. The summed E-state index contributed by atoms with van der Waals surface area (Å²) in [6.07, 6.45) is 3.25. The van der Waals surface area contributed by atoms with Crippen molar-refractivity contribution in [3.8, 4) is 5.69 Å². The molecule has 0 radical (unpaired) electrons. The van der Waals surface area contributed by atoms with Crippen molar-refractivity contribution in [1.29, 1.82) is 0 Å². The Morgan fingerprint density at radius 2 is 1.80 bits per heavy atom. The maximum absolute atomic E-state index is 13.7. The smallest absolute Gasteiger partial charge is 0.225 e. The molecule has 1 N–H and O–H groups in total. The molecule has 2 fully saturated rings. The normalized spacial score (nSPS) is 23.0. The number of carbonyl (C=O) groups excluding carboxylic acids is 1. The van der Waals surface area contributed by atoms with E-state index in [1.807, 2.05) is 45.0 Å². The van der Waals surface area contributed by atoms with Crippen LogP contribution in [0.3, 0.4) is 0 Å². The molecule has 4 heterocycles. The molecule has 2 aliphatic rings. The molecule has 8 heteroatoms. The molecular weight excluding hydrogens is 378 g/mol. The summed E-state index contributed by atoms with van der Waals surface area (Å²) in [5.74, 6) is 1.50. The molecule has 3 unspecified atom stereocenters. The van der Waals surface area contributed by atoms with Crippen LogP contribution in [0.1, 0.15) is 27.3 Å². The molecule has 0 bridgehead atoms. The first-order valence-corrected chi connectivity index (χ1v) is 10.3. The van der Waals surface area contributed by atoms with E-state index in [0.29, 0.717) is 11.5 Å². The van der Waals surface area contributed by atoms with E-state index in [4.69, 9.17) is 0 Å². The Morgan fingerprint density at radius 1 is 1.07 bits per heavy atom. The number of anilines is 1. The third-order valence-electron chi connectivity index (χ3n) is 6.19. The molecule has 5 rings (SSSR count). The fourth-order valence-corrected chi connectivity index (χ4v) is 4.85. The Kier molecular flexibility index (Phi) is 4.58. The highest BCUT2D eigenvalue weighted by molar-refractivity contribution is 6.04. The van der Waals surface area contributed by atoms with Crippen molar-refractivity contribution in [2.75, 3.05) is 24.5 Å². The molecule has 1 aromatic carbocycles. The van der Waals surface area contributed by atoms with Gasteiger partial charge in [-0.3, -0.25) is 4.79 Å². The molecule has 2 aliphatic heterocycles. The van der Waals surface area contributed by atoms with Crippen molar-refractivity contribution in [2.45, 2.75) is 26.8 Å². The summed E-state index contributed by atoms with van der Waals surface area (Å²) in [6, 6.07) is 7.55. The standard InChI is InChI=1S/C22H25N7O/c1-13-5-4-6-18(29-24-7-8-25-29)19(13)21(30)20-17-12-28(11-16(17)10-23-20)22-26-14(2)9-15(3)27-22/h4-9,16-17,20,23H,10-12H2,1-3H3. The van der Waals surface area contributed by atoms with Gasteiger partial charge in [-0.05, 0) is 44.4 Å². The van der Waals surface area contributed by atoms with Crippen molar-refractivity contribution in [2.24, 2.45) is 11.8 Å². The van der Waals surface area contributed by atoms with Crippen LogP contribution in [0.15, 0.2) is 36.7 Å². The van der Waals surface area contributed by atoms with E-state index in [9.17, 15) is 4.79 Å². The maximum atomic E-state index is 13.7. The second kappa shape index (κ2) is 7.28. The molecule has 2 saturated heterocycles. The minimum Gasteiger partial charge on any atom is -0.340 e. The van der Waals surface area contributed by atoms with E-state index in [1.54, 1.807) is 12.4 Å². The van der Waals surface area contributed by atoms with Crippen LogP contribution in [0.5, 0.6) is 0 Å². The number of carbonyl (C=O) groups is 1. The van der Waals surface area contributed by atoms with Crippen LogP contribution in [-0.2, 0) is 0 Å². The number of hydrogen-bond acceptors (Lipinski definition) is 7. The van der Waals surface area contributed by atoms with Gasteiger partial charge in [-0.25, -0.2) is 9.97 Å². The lowest BCUT2D eigenvalue weighted by Crippen LogP contribution is -2.40. The maximum Gasteiger partial charge on any atom is 0.225 e. The number of rotatable bonds is 4. The Bertz CT molecular complexity index is 1070. The topological polar surface area (TPSA) is 88.8 Å². The average Bonchev–Trinajstić information content (AvgIpc) is 3.43. The number of ketones is 1. The zero-order valence-corrected chi connectivity index (χ0v) is 17.4. The van der Waals surface area contributed by atoms with Gasteiger partial charge in [0.15, 0.2) is 5.78 Å². The van der Waals surface area contributed by atoms with Crippen LogP contribution in [-0.4, -0.2) is 56.4 Å². The van der Waals surface area contributed by atoms with Gasteiger partial charge in [-0.2, -0.15) is 15.0 Å². The predicted molar refractivity (Wildman–Crippen MR) is 113 cm³/mol. The molecule has 0 saturated carbocycles. The van der Waals surface area contributed by atoms with Gasteiger partial charge in [0.1, 0.15) is 0 Å². The zero-order valence-electron chi connectivity index (χ0n) is 17.4. The zero-order chi connectivity index (χ0) is 20.8. The molecule has 0 spiro atoms. The van der Waals surface area contributed by atoms with Crippen LogP contribution in [0, 0.1) is 32.6 Å². The molecule has 154 valence electrons. The molecule has 0 amide bonds. The molecule has 8 nitrogen and oxygen atoms in total. The van der Waals surface area contributed by atoms with E-state index in [0.717, 1.165) is 48.2 Å². The Morgan fingerprint density at radius 3 is 2.53 bits per heavy atom. The van der Waals surface area contributed by atoms with Gasteiger partial charge in [0.25, 0.3) is 0 Å². The highest BCUT2D eigenvalue weighted by Gasteiger charge is 2.46. The molecular formula is C22H25N7O. The van der Waals surface area contributed by atoms with Gasteiger partial charge in [-0.1, -0.05) is 12.1 Å². The number of hydrogen-bond donors (Lipinski definition) is 1. The number of benzene rings is 1. The van der Waals surface area contributed by atoms with Crippen molar-refractivity contribution in [1.82, 2.24) is 30.3 Å². The number of nitrogens with zero attached hydrogens (tertiary/aromatic N) is 6. The molecule has 2 aromatic heterocycles. The first-order valence-electron chi connectivity index (χ1n) is 10.3. The molecule has 30 heavy (non-hydrogen) atoms. The third kappa shape index (κ3) is 3.17. The largest absolute Gasteiger partial charge is 0.340 e. The van der Waals surface area contributed by atoms with Crippen LogP contribution in [0.25, 0.3) is 5.69 Å². The molecule has 3 aromatic rings. The van der Waals surface area contributed by atoms with Gasteiger partial charge < -0.3 is 10.2 Å². The summed E-state index contributed by atoms with van der Waals surface area (Å²) in [6.45, 7) is 8.42. The predicted octanol–water partition coefficient (Wildman–Crippen LogP) is 1.89.